The molecule has 0 radical (unpaired) electrons. The van der Waals surface area contributed by atoms with E-state index < -0.39 is 23.4 Å². The van der Waals surface area contributed by atoms with Gasteiger partial charge in [0.2, 0.25) is 0 Å². The lowest BCUT2D eigenvalue weighted by Gasteiger charge is -2.08. The second kappa shape index (κ2) is 4.91. The number of halogens is 1. The Morgan fingerprint density at radius 3 is 2.69 bits per heavy atom. The molecule has 0 aliphatic heterocycles. The molecule has 0 saturated heterocycles. The molecule has 0 spiro atoms. The molecule has 0 saturated carbocycles. The number of aliphatic hydroxyl groups is 1. The minimum Gasteiger partial charge on any atom is -0.481 e. The number of rotatable bonds is 4. The van der Waals surface area contributed by atoms with E-state index in [0.717, 1.165) is 6.07 Å². The Morgan fingerprint density at radius 1 is 1.56 bits per heavy atom. The normalized spacial score (nSPS) is 12.1. The predicted octanol–water partition coefficient (Wildman–Crippen LogP) is 1.76. The lowest BCUT2D eigenvalue weighted by molar-refractivity contribution is -0.386. The maximum absolute atomic E-state index is 10.6. The fraction of sp³-hybridized carbons (Fsp3) is 0.222. The van der Waals surface area contributed by atoms with Gasteiger partial charge in [0.1, 0.15) is 0 Å². The van der Waals surface area contributed by atoms with Crippen molar-refractivity contribution < 1.29 is 19.9 Å². The molecule has 86 valence electrons. The summed E-state index contributed by atoms with van der Waals surface area (Å²) in [7, 11) is 0. The number of hydrogen-bond donors (Lipinski definition) is 2. The van der Waals surface area contributed by atoms with E-state index in [-0.39, 0.29) is 16.3 Å². The average molecular weight is 246 g/mol. The molecule has 0 amide bonds. The van der Waals surface area contributed by atoms with Gasteiger partial charge in [-0.25, -0.2) is 0 Å². The number of aliphatic hydroxyl groups excluding tert-OH is 1. The molecule has 7 heteroatoms. The van der Waals surface area contributed by atoms with Crippen molar-refractivity contribution in [1.82, 2.24) is 0 Å². The molecule has 0 aliphatic carbocycles. The summed E-state index contributed by atoms with van der Waals surface area (Å²) in [4.78, 5) is 20.3. The predicted molar refractivity (Wildman–Crippen MR) is 55.3 cm³/mol. The van der Waals surface area contributed by atoms with Crippen LogP contribution < -0.4 is 0 Å². The number of aliphatic carboxylic acids is 1. The van der Waals surface area contributed by atoms with Crippen molar-refractivity contribution in [3.63, 3.8) is 0 Å². The molecular weight excluding hydrogens is 238 g/mol. The highest BCUT2D eigenvalue weighted by molar-refractivity contribution is 6.30. The van der Waals surface area contributed by atoms with Crippen LogP contribution in [-0.2, 0) is 4.79 Å². The van der Waals surface area contributed by atoms with E-state index in [9.17, 15) is 20.0 Å². The van der Waals surface area contributed by atoms with Gasteiger partial charge in [-0.2, -0.15) is 0 Å². The first-order valence-electron chi connectivity index (χ1n) is 4.25. The molecule has 1 unspecified atom stereocenters. The van der Waals surface area contributed by atoms with E-state index in [1.54, 1.807) is 0 Å². The van der Waals surface area contributed by atoms with Crippen molar-refractivity contribution in [2.24, 2.45) is 0 Å². The highest BCUT2D eigenvalue weighted by Crippen LogP contribution is 2.29. The summed E-state index contributed by atoms with van der Waals surface area (Å²) in [6.07, 6.45) is -2.06. The van der Waals surface area contributed by atoms with Crippen LogP contribution in [0.3, 0.4) is 0 Å². The zero-order valence-corrected chi connectivity index (χ0v) is 8.72. The summed E-state index contributed by atoms with van der Waals surface area (Å²) in [6, 6.07) is 3.62. The number of carbonyl (C=O) groups is 1. The van der Waals surface area contributed by atoms with Gasteiger partial charge in [-0.15, -0.1) is 0 Å². The summed E-state index contributed by atoms with van der Waals surface area (Å²) in [5.41, 5.74) is -0.446. The molecule has 1 aromatic rings. The first-order valence-corrected chi connectivity index (χ1v) is 4.63. The third-order valence-corrected chi connectivity index (χ3v) is 2.15. The highest BCUT2D eigenvalue weighted by Gasteiger charge is 2.22. The lowest BCUT2D eigenvalue weighted by Crippen LogP contribution is -2.07. The zero-order chi connectivity index (χ0) is 12.3. The molecule has 1 rings (SSSR count). The van der Waals surface area contributed by atoms with Gasteiger partial charge in [0, 0.05) is 11.1 Å². The Labute approximate surface area is 95.2 Å². The van der Waals surface area contributed by atoms with Crippen molar-refractivity contribution in [3.05, 3.63) is 38.9 Å². The quantitative estimate of drug-likeness (QED) is 0.622. The fourth-order valence-corrected chi connectivity index (χ4v) is 1.41. The number of hydrogen-bond acceptors (Lipinski definition) is 4. The lowest BCUT2D eigenvalue weighted by atomic mass is 10.0. The van der Waals surface area contributed by atoms with Gasteiger partial charge in [-0.05, 0) is 12.1 Å². The third kappa shape index (κ3) is 2.91. The molecule has 16 heavy (non-hydrogen) atoms. The van der Waals surface area contributed by atoms with Gasteiger partial charge in [-0.3, -0.25) is 14.9 Å². The highest BCUT2D eigenvalue weighted by atomic mass is 35.5. The Kier molecular flexibility index (Phi) is 3.81. The summed E-state index contributed by atoms with van der Waals surface area (Å²) in [5, 5.41) is 28.8. The fourth-order valence-electron chi connectivity index (χ4n) is 1.23. The van der Waals surface area contributed by atoms with Crippen molar-refractivity contribution in [2.75, 3.05) is 0 Å². The van der Waals surface area contributed by atoms with Crippen LogP contribution >= 0.6 is 11.6 Å². The summed E-state index contributed by atoms with van der Waals surface area (Å²) < 4.78 is 0. The molecular formula is C9H8ClNO5. The second-order valence-corrected chi connectivity index (χ2v) is 3.51. The summed E-state index contributed by atoms with van der Waals surface area (Å²) in [5.74, 6) is -1.25. The van der Waals surface area contributed by atoms with Crippen LogP contribution in [0.15, 0.2) is 18.2 Å². The SMILES string of the molecule is O=C(O)CC(O)c1cc(Cl)ccc1[N+](=O)[O-]. The molecule has 1 atom stereocenters. The molecule has 0 bridgehead atoms. The smallest absolute Gasteiger partial charge is 0.306 e. The molecule has 1 aromatic carbocycles. The number of carboxylic acids is 1. The van der Waals surface area contributed by atoms with Crippen molar-refractivity contribution >= 4 is 23.3 Å². The number of nitro groups is 1. The minimum absolute atomic E-state index is 0.0973. The van der Waals surface area contributed by atoms with Gasteiger partial charge in [-0.1, -0.05) is 11.6 Å². The van der Waals surface area contributed by atoms with E-state index in [1.807, 2.05) is 0 Å². The van der Waals surface area contributed by atoms with E-state index in [2.05, 4.69) is 0 Å². The van der Waals surface area contributed by atoms with Crippen molar-refractivity contribution in [3.8, 4) is 0 Å². The van der Waals surface area contributed by atoms with Crippen LogP contribution in [0, 0.1) is 10.1 Å². The van der Waals surface area contributed by atoms with E-state index in [4.69, 9.17) is 16.7 Å². The van der Waals surface area contributed by atoms with E-state index >= 15 is 0 Å². The standard InChI is InChI=1S/C9H8ClNO5/c10-5-1-2-7(11(15)16)6(3-5)8(12)4-9(13)14/h1-3,8,12H,4H2,(H,13,14). The Balaban J connectivity index is 3.13. The third-order valence-electron chi connectivity index (χ3n) is 1.91. The molecule has 0 aromatic heterocycles. The van der Waals surface area contributed by atoms with Gasteiger partial charge in [0.25, 0.3) is 5.69 Å². The van der Waals surface area contributed by atoms with E-state index in [0.29, 0.717) is 0 Å². The van der Waals surface area contributed by atoms with Gasteiger partial charge >= 0.3 is 5.97 Å². The van der Waals surface area contributed by atoms with Crippen LogP contribution in [0.4, 0.5) is 5.69 Å². The van der Waals surface area contributed by atoms with Crippen molar-refractivity contribution in [2.45, 2.75) is 12.5 Å². The van der Waals surface area contributed by atoms with E-state index in [1.165, 1.54) is 12.1 Å². The largest absolute Gasteiger partial charge is 0.481 e. The number of carboxylic acid groups (broad SMARTS) is 1. The summed E-state index contributed by atoms with van der Waals surface area (Å²) in [6.45, 7) is 0. The molecule has 2 N–H and O–H groups in total. The van der Waals surface area contributed by atoms with Crippen LogP contribution in [0.25, 0.3) is 0 Å². The molecule has 0 fully saturated rings. The van der Waals surface area contributed by atoms with Crippen LogP contribution in [0.5, 0.6) is 0 Å². The first-order chi connectivity index (χ1) is 7.41. The van der Waals surface area contributed by atoms with Crippen molar-refractivity contribution in [1.29, 1.82) is 0 Å². The summed E-state index contributed by atoms with van der Waals surface area (Å²) >= 11 is 5.62. The Hall–Kier alpha value is -1.66. The van der Waals surface area contributed by atoms with Crippen LogP contribution in [0.1, 0.15) is 18.1 Å². The molecule has 6 nitrogen and oxygen atoms in total. The monoisotopic (exact) mass is 245 g/mol. The molecule has 0 aliphatic rings. The number of nitrogens with zero attached hydrogens (tertiary/aromatic N) is 1. The molecule has 0 heterocycles. The van der Waals surface area contributed by atoms with Gasteiger partial charge in [0.15, 0.2) is 0 Å². The Morgan fingerprint density at radius 2 is 2.19 bits per heavy atom. The number of benzene rings is 1. The number of nitro benzene ring substituents is 1. The first kappa shape index (κ1) is 12.4. The average Bonchev–Trinajstić information content (AvgIpc) is 2.15. The maximum atomic E-state index is 10.6. The van der Waals surface area contributed by atoms with Gasteiger partial charge < -0.3 is 10.2 Å². The minimum atomic E-state index is -1.45. The van der Waals surface area contributed by atoms with Crippen LogP contribution in [0.2, 0.25) is 5.02 Å². The Bertz CT molecular complexity index is 434. The second-order valence-electron chi connectivity index (χ2n) is 3.07. The zero-order valence-electron chi connectivity index (χ0n) is 7.96. The maximum Gasteiger partial charge on any atom is 0.306 e. The topological polar surface area (TPSA) is 101 Å². The van der Waals surface area contributed by atoms with Crippen LogP contribution in [-0.4, -0.2) is 21.1 Å². The van der Waals surface area contributed by atoms with Gasteiger partial charge in [0.05, 0.1) is 23.0 Å².